The average Bonchev–Trinajstić information content (AvgIpc) is 3.12. The third kappa shape index (κ3) is 5.68. The topological polar surface area (TPSA) is 79.6 Å². The van der Waals surface area contributed by atoms with Gasteiger partial charge < -0.3 is 9.47 Å². The second kappa shape index (κ2) is 11.1. The molecule has 8 heteroatoms. The van der Waals surface area contributed by atoms with E-state index in [1.54, 1.807) is 42.5 Å². The molecule has 35 heavy (non-hydrogen) atoms. The lowest BCUT2D eigenvalue weighted by molar-refractivity contribution is -0.123. The monoisotopic (exact) mass is 504 g/mol. The first-order valence-corrected chi connectivity index (χ1v) is 12.1. The number of carbonyl (C=O) groups excluding carboxylic acids is 2. The average molecular weight is 505 g/mol. The highest BCUT2D eigenvalue weighted by molar-refractivity contribution is 8.18. The summed E-state index contributed by atoms with van der Waals surface area (Å²) in [6.07, 6.45) is 1.61. The number of hydrogen-bond donors (Lipinski definition) is 0. The van der Waals surface area contributed by atoms with Crippen molar-refractivity contribution in [2.75, 3.05) is 6.61 Å². The van der Waals surface area contributed by atoms with Gasteiger partial charge in [-0.25, -0.2) is 0 Å². The van der Waals surface area contributed by atoms with Gasteiger partial charge in [0.25, 0.3) is 11.1 Å². The predicted molar refractivity (Wildman–Crippen MR) is 136 cm³/mol. The first-order chi connectivity index (χ1) is 17.0. The minimum Gasteiger partial charge on any atom is -0.490 e. The normalized spacial score (nSPS) is 14.3. The van der Waals surface area contributed by atoms with E-state index in [0.717, 1.165) is 22.2 Å². The van der Waals surface area contributed by atoms with Gasteiger partial charge in [-0.3, -0.25) is 14.5 Å². The van der Waals surface area contributed by atoms with Crippen molar-refractivity contribution in [1.29, 1.82) is 5.26 Å². The Bertz CT molecular complexity index is 1330. The number of thioether (sulfide) groups is 1. The fourth-order valence-electron chi connectivity index (χ4n) is 3.53. The Balaban J connectivity index is 1.57. The van der Waals surface area contributed by atoms with Gasteiger partial charge in [-0.05, 0) is 59.7 Å². The van der Waals surface area contributed by atoms with Crippen LogP contribution in [0.5, 0.6) is 11.5 Å². The molecule has 0 radical (unpaired) electrons. The molecule has 6 nitrogen and oxygen atoms in total. The molecule has 1 aliphatic rings. The summed E-state index contributed by atoms with van der Waals surface area (Å²) in [5.74, 6) is 0.436. The Labute approximate surface area is 212 Å². The molecule has 0 N–H and O–H groups in total. The van der Waals surface area contributed by atoms with Crippen molar-refractivity contribution in [3.63, 3.8) is 0 Å². The fourth-order valence-corrected chi connectivity index (χ4v) is 4.64. The quantitative estimate of drug-likeness (QED) is 0.329. The molecule has 2 amide bonds. The SMILES string of the molecule is CCOc1cc(/C=C2\SC(=O)N(Cc3ccccc3C#N)C2=O)cc(Cl)c1OCc1ccccc1. The molecule has 1 fully saturated rings. The second-order valence-corrected chi connectivity index (χ2v) is 8.97. The number of amides is 2. The minimum atomic E-state index is -0.425. The Morgan fingerprint density at radius 1 is 1.06 bits per heavy atom. The van der Waals surface area contributed by atoms with Crippen molar-refractivity contribution < 1.29 is 19.1 Å². The van der Waals surface area contributed by atoms with Crippen LogP contribution in [0.1, 0.15) is 29.2 Å². The van der Waals surface area contributed by atoms with Crippen LogP contribution >= 0.6 is 23.4 Å². The second-order valence-electron chi connectivity index (χ2n) is 7.57. The smallest absolute Gasteiger partial charge is 0.293 e. The van der Waals surface area contributed by atoms with Gasteiger partial charge in [-0.2, -0.15) is 5.26 Å². The number of halogens is 1. The van der Waals surface area contributed by atoms with Crippen LogP contribution < -0.4 is 9.47 Å². The number of nitrogens with zero attached hydrogens (tertiary/aromatic N) is 2. The van der Waals surface area contributed by atoms with E-state index in [1.807, 2.05) is 37.3 Å². The zero-order valence-corrected chi connectivity index (χ0v) is 20.4. The van der Waals surface area contributed by atoms with Crippen LogP contribution in [-0.4, -0.2) is 22.7 Å². The van der Waals surface area contributed by atoms with Crippen LogP contribution in [0.2, 0.25) is 5.02 Å². The summed E-state index contributed by atoms with van der Waals surface area (Å²) in [5, 5.41) is 9.24. The zero-order valence-electron chi connectivity index (χ0n) is 18.9. The largest absolute Gasteiger partial charge is 0.490 e. The molecule has 0 aliphatic carbocycles. The Kier molecular flexibility index (Phi) is 7.76. The van der Waals surface area contributed by atoms with Crippen molar-refractivity contribution >= 4 is 40.6 Å². The standard InChI is InChI=1S/C27H21ClN2O4S/c1-2-33-23-13-19(12-22(28)25(23)34-17-18-8-4-3-5-9-18)14-24-26(31)30(27(32)35-24)16-21-11-7-6-10-20(21)15-29/h3-14H,2,16-17H2,1H3/b24-14-. The number of hydrogen-bond acceptors (Lipinski definition) is 6. The van der Waals surface area contributed by atoms with Gasteiger partial charge >= 0.3 is 0 Å². The van der Waals surface area contributed by atoms with E-state index in [0.29, 0.717) is 46.4 Å². The lowest BCUT2D eigenvalue weighted by Gasteiger charge is -2.15. The van der Waals surface area contributed by atoms with Gasteiger partial charge in [0.05, 0.1) is 34.7 Å². The molecule has 1 heterocycles. The molecular weight excluding hydrogens is 484 g/mol. The molecule has 3 aromatic rings. The highest BCUT2D eigenvalue weighted by Crippen LogP contribution is 2.40. The fraction of sp³-hybridized carbons (Fsp3) is 0.148. The summed E-state index contributed by atoms with van der Waals surface area (Å²) in [7, 11) is 0. The lowest BCUT2D eigenvalue weighted by Crippen LogP contribution is -2.27. The summed E-state index contributed by atoms with van der Waals surface area (Å²) >= 11 is 7.37. The van der Waals surface area contributed by atoms with Crippen molar-refractivity contribution in [2.24, 2.45) is 0 Å². The van der Waals surface area contributed by atoms with E-state index >= 15 is 0 Å². The van der Waals surface area contributed by atoms with Gasteiger partial charge in [0.15, 0.2) is 11.5 Å². The van der Waals surface area contributed by atoms with E-state index in [1.165, 1.54) is 0 Å². The Morgan fingerprint density at radius 2 is 1.80 bits per heavy atom. The molecule has 1 aliphatic heterocycles. The van der Waals surface area contributed by atoms with Crippen molar-refractivity contribution in [1.82, 2.24) is 4.90 Å². The van der Waals surface area contributed by atoms with Gasteiger partial charge in [0.1, 0.15) is 6.61 Å². The van der Waals surface area contributed by atoms with Gasteiger partial charge in [0.2, 0.25) is 0 Å². The number of imide groups is 1. The van der Waals surface area contributed by atoms with Crippen LogP contribution in [-0.2, 0) is 17.9 Å². The molecule has 4 rings (SSSR count). The van der Waals surface area contributed by atoms with Gasteiger partial charge in [-0.15, -0.1) is 0 Å². The Hall–Kier alpha value is -3.73. The molecule has 0 spiro atoms. The molecular formula is C27H21ClN2O4S. The van der Waals surface area contributed by atoms with E-state index in [2.05, 4.69) is 6.07 Å². The van der Waals surface area contributed by atoms with Gasteiger partial charge in [0, 0.05) is 0 Å². The molecule has 0 aromatic heterocycles. The summed E-state index contributed by atoms with van der Waals surface area (Å²) < 4.78 is 11.7. The third-order valence-corrected chi connectivity index (χ3v) is 6.38. The molecule has 0 atom stereocenters. The summed E-state index contributed by atoms with van der Waals surface area (Å²) in [5.41, 5.74) is 2.63. The van der Waals surface area contributed by atoms with E-state index in [-0.39, 0.29) is 11.4 Å². The Morgan fingerprint density at radius 3 is 2.54 bits per heavy atom. The van der Waals surface area contributed by atoms with Crippen LogP contribution in [0.15, 0.2) is 71.6 Å². The lowest BCUT2D eigenvalue weighted by atomic mass is 10.1. The van der Waals surface area contributed by atoms with Crippen molar-refractivity contribution in [2.45, 2.75) is 20.1 Å². The first kappa shape index (κ1) is 24.4. The number of carbonyl (C=O) groups is 2. The minimum absolute atomic E-state index is 0.0307. The maximum atomic E-state index is 13.0. The van der Waals surface area contributed by atoms with Crippen LogP contribution in [0.3, 0.4) is 0 Å². The third-order valence-electron chi connectivity index (χ3n) is 5.20. The summed E-state index contributed by atoms with van der Waals surface area (Å²) in [6, 6.07) is 22.1. The molecule has 0 saturated carbocycles. The molecule has 176 valence electrons. The predicted octanol–water partition coefficient (Wildman–Crippen LogP) is 6.43. The maximum absolute atomic E-state index is 13.0. The number of rotatable bonds is 8. The molecule has 1 saturated heterocycles. The van der Waals surface area contributed by atoms with E-state index < -0.39 is 11.1 Å². The van der Waals surface area contributed by atoms with E-state index in [4.69, 9.17) is 21.1 Å². The van der Waals surface area contributed by atoms with Crippen LogP contribution in [0, 0.1) is 11.3 Å². The van der Waals surface area contributed by atoms with Crippen LogP contribution in [0.25, 0.3) is 6.08 Å². The molecule has 0 unspecified atom stereocenters. The number of nitriles is 1. The van der Waals surface area contributed by atoms with E-state index in [9.17, 15) is 14.9 Å². The summed E-state index contributed by atoms with van der Waals surface area (Å²) in [6.45, 7) is 2.61. The zero-order chi connectivity index (χ0) is 24.8. The first-order valence-electron chi connectivity index (χ1n) is 10.9. The van der Waals surface area contributed by atoms with Crippen molar-refractivity contribution in [3.05, 3.63) is 98.9 Å². The van der Waals surface area contributed by atoms with Crippen molar-refractivity contribution in [3.8, 4) is 17.6 Å². The maximum Gasteiger partial charge on any atom is 0.293 e. The molecule has 0 bridgehead atoms. The van der Waals surface area contributed by atoms with Gasteiger partial charge in [-0.1, -0.05) is 60.1 Å². The molecule has 3 aromatic carbocycles. The highest BCUT2D eigenvalue weighted by Gasteiger charge is 2.35. The summed E-state index contributed by atoms with van der Waals surface area (Å²) in [4.78, 5) is 27.0. The number of ether oxygens (including phenoxy) is 2. The van der Waals surface area contributed by atoms with Crippen LogP contribution in [0.4, 0.5) is 4.79 Å². The number of benzene rings is 3. The highest BCUT2D eigenvalue weighted by atomic mass is 35.5.